The molecule has 1 unspecified atom stereocenters. The van der Waals surface area contributed by atoms with Crippen LogP contribution < -0.4 is 14.8 Å². The number of anilines is 1. The number of rotatable bonds is 13. The van der Waals surface area contributed by atoms with Gasteiger partial charge in [0.05, 0.1) is 11.0 Å². The summed E-state index contributed by atoms with van der Waals surface area (Å²) < 4.78 is 39.8. The first-order chi connectivity index (χ1) is 21.6. The van der Waals surface area contributed by atoms with E-state index >= 15 is 0 Å². The molecule has 45 heavy (non-hydrogen) atoms. The molecule has 3 aromatic carbocycles. The van der Waals surface area contributed by atoms with Crippen LogP contribution in [0.15, 0.2) is 107 Å². The van der Waals surface area contributed by atoms with Crippen LogP contribution in [0.2, 0.25) is 0 Å². The van der Waals surface area contributed by atoms with E-state index in [0.717, 1.165) is 17.5 Å². The molecule has 5 aromatic rings. The van der Waals surface area contributed by atoms with Gasteiger partial charge in [-0.1, -0.05) is 56.3 Å². The molecule has 10 nitrogen and oxygen atoms in total. The summed E-state index contributed by atoms with van der Waals surface area (Å²) in [6.07, 6.45) is 3.41. The molecule has 0 spiro atoms. The highest BCUT2D eigenvalue weighted by Crippen LogP contribution is 2.25. The summed E-state index contributed by atoms with van der Waals surface area (Å²) >= 11 is 0. The molecule has 2 heterocycles. The van der Waals surface area contributed by atoms with Gasteiger partial charge < -0.3 is 19.7 Å². The fourth-order valence-corrected chi connectivity index (χ4v) is 5.58. The molecule has 3 N–H and O–H groups in total. The van der Waals surface area contributed by atoms with Crippen molar-refractivity contribution in [3.05, 3.63) is 120 Å². The highest BCUT2D eigenvalue weighted by Gasteiger charge is 2.17. The fraction of sp³-hybridized carbons (Fsp3) is 0.265. The maximum absolute atomic E-state index is 13.0. The third kappa shape index (κ3) is 8.75. The summed E-state index contributed by atoms with van der Waals surface area (Å²) in [4.78, 5) is 8.51. The molecule has 1 atom stereocenters. The second kappa shape index (κ2) is 14.0. The minimum absolute atomic E-state index is 0.0588. The minimum Gasteiger partial charge on any atom is -0.484 e. The first-order valence-corrected chi connectivity index (χ1v) is 16.1. The van der Waals surface area contributed by atoms with Gasteiger partial charge in [0.1, 0.15) is 5.75 Å². The predicted molar refractivity (Wildman–Crippen MR) is 172 cm³/mol. The third-order valence-electron chi connectivity index (χ3n) is 7.18. The molecule has 0 saturated carbocycles. The number of hydrogen-bond acceptors (Lipinski definition) is 9. The molecule has 0 aliphatic rings. The Bertz CT molecular complexity index is 1770. The van der Waals surface area contributed by atoms with Gasteiger partial charge in [-0.25, -0.2) is 8.42 Å². The van der Waals surface area contributed by atoms with Crippen LogP contribution in [0, 0.1) is 0 Å². The zero-order valence-electron chi connectivity index (χ0n) is 25.5. The monoisotopic (exact) mass is 627 g/mol. The van der Waals surface area contributed by atoms with Gasteiger partial charge in [-0.2, -0.15) is 4.98 Å². The van der Waals surface area contributed by atoms with Gasteiger partial charge in [0.2, 0.25) is 5.82 Å². The third-order valence-corrected chi connectivity index (χ3v) is 8.57. The summed E-state index contributed by atoms with van der Waals surface area (Å²) in [5.74, 6) is 1.35. The van der Waals surface area contributed by atoms with E-state index in [1.54, 1.807) is 42.7 Å². The first kappa shape index (κ1) is 31.8. The quantitative estimate of drug-likeness (QED) is 0.141. The lowest BCUT2D eigenvalue weighted by atomic mass is 9.87. The summed E-state index contributed by atoms with van der Waals surface area (Å²) in [5, 5.41) is 17.5. The average molecular weight is 628 g/mol. The molecule has 11 heteroatoms. The predicted octanol–water partition coefficient (Wildman–Crippen LogP) is 5.67. The van der Waals surface area contributed by atoms with Crippen molar-refractivity contribution in [1.29, 1.82) is 0 Å². The molecule has 0 saturated heterocycles. The fourth-order valence-electron chi connectivity index (χ4n) is 4.53. The van der Waals surface area contributed by atoms with Crippen LogP contribution in [0.25, 0.3) is 11.4 Å². The van der Waals surface area contributed by atoms with Gasteiger partial charge >= 0.3 is 0 Å². The Kier molecular flexibility index (Phi) is 9.92. The van der Waals surface area contributed by atoms with Gasteiger partial charge in [0, 0.05) is 35.8 Å². The first-order valence-electron chi connectivity index (χ1n) is 14.6. The molecule has 0 bridgehead atoms. The number of aromatic nitrogens is 3. The number of nitrogens with zero attached hydrogens (tertiary/aromatic N) is 3. The van der Waals surface area contributed by atoms with Crippen LogP contribution >= 0.6 is 0 Å². The van der Waals surface area contributed by atoms with E-state index in [0.29, 0.717) is 41.8 Å². The van der Waals surface area contributed by atoms with Crippen LogP contribution in [0.3, 0.4) is 0 Å². The van der Waals surface area contributed by atoms with Gasteiger partial charge in [0.25, 0.3) is 15.9 Å². The van der Waals surface area contributed by atoms with E-state index in [4.69, 9.17) is 9.26 Å². The standard InChI is InChI=1S/C34H37N5O5S/c1-34(2,3)27-10-14-29(15-11-27)43-23-32-37-33(38-44-32)25-8-16-30(17-9-25)45(41,42)39-28-12-6-24(7-13-28)18-20-36-22-31(40)26-5-4-19-35-21-26/h4-17,19,21,31,36,39-40H,18,20,22-23H2,1-3H3. The number of aliphatic hydroxyl groups excluding tert-OH is 1. The van der Waals surface area contributed by atoms with Gasteiger partial charge in [-0.05, 0) is 84.1 Å². The number of ether oxygens (including phenoxy) is 1. The maximum Gasteiger partial charge on any atom is 0.264 e. The second-order valence-corrected chi connectivity index (χ2v) is 13.3. The number of benzene rings is 3. The molecule has 0 aliphatic heterocycles. The molecule has 0 radical (unpaired) electrons. The number of aliphatic hydroxyl groups is 1. The van der Waals surface area contributed by atoms with Crippen molar-refractivity contribution in [3.63, 3.8) is 0 Å². The van der Waals surface area contributed by atoms with Gasteiger partial charge in [-0.3, -0.25) is 9.71 Å². The van der Waals surface area contributed by atoms with E-state index in [9.17, 15) is 13.5 Å². The highest BCUT2D eigenvalue weighted by atomic mass is 32.2. The van der Waals surface area contributed by atoms with Gasteiger partial charge in [0.15, 0.2) is 6.61 Å². The van der Waals surface area contributed by atoms with Crippen molar-refractivity contribution in [2.45, 2.75) is 50.2 Å². The van der Waals surface area contributed by atoms with E-state index < -0.39 is 16.1 Å². The Balaban J connectivity index is 1.10. The van der Waals surface area contributed by atoms with E-state index in [-0.39, 0.29) is 16.9 Å². The van der Waals surface area contributed by atoms with Crippen LogP contribution in [-0.2, 0) is 28.5 Å². The maximum atomic E-state index is 13.0. The van der Waals surface area contributed by atoms with Crippen molar-refractivity contribution >= 4 is 15.7 Å². The number of hydrogen-bond donors (Lipinski definition) is 3. The Morgan fingerprint density at radius 2 is 1.69 bits per heavy atom. The minimum atomic E-state index is -3.81. The summed E-state index contributed by atoms with van der Waals surface area (Å²) in [5.41, 5.74) is 4.14. The second-order valence-electron chi connectivity index (χ2n) is 11.7. The molecule has 0 fully saturated rings. The number of sulfonamides is 1. The smallest absolute Gasteiger partial charge is 0.264 e. The van der Waals surface area contributed by atoms with E-state index in [2.05, 4.69) is 45.9 Å². The molecule has 2 aromatic heterocycles. The summed E-state index contributed by atoms with van der Waals surface area (Å²) in [7, 11) is -3.81. The molecule has 0 amide bonds. The topological polar surface area (TPSA) is 139 Å². The Hall–Kier alpha value is -4.58. The van der Waals surface area contributed by atoms with Crippen LogP contribution in [0.5, 0.6) is 5.75 Å². The Morgan fingerprint density at radius 3 is 2.36 bits per heavy atom. The van der Waals surface area contributed by atoms with Crippen molar-refractivity contribution < 1.29 is 22.8 Å². The van der Waals surface area contributed by atoms with E-state index in [1.807, 2.05) is 42.5 Å². The van der Waals surface area contributed by atoms with E-state index in [1.165, 1.54) is 17.7 Å². The lowest BCUT2D eigenvalue weighted by Gasteiger charge is -2.19. The zero-order valence-corrected chi connectivity index (χ0v) is 26.3. The van der Waals surface area contributed by atoms with Crippen molar-refractivity contribution in [2.75, 3.05) is 17.8 Å². The lowest BCUT2D eigenvalue weighted by molar-refractivity contribution is 0.174. The zero-order chi connectivity index (χ0) is 31.9. The summed E-state index contributed by atoms with van der Waals surface area (Å²) in [6, 6.07) is 25.0. The van der Waals surface area contributed by atoms with Crippen LogP contribution in [-0.4, -0.2) is 41.7 Å². The molecule has 0 aliphatic carbocycles. The Morgan fingerprint density at radius 1 is 0.956 bits per heavy atom. The molecule has 5 rings (SSSR count). The van der Waals surface area contributed by atoms with Crippen molar-refractivity contribution in [3.8, 4) is 17.1 Å². The average Bonchev–Trinajstić information content (AvgIpc) is 3.52. The van der Waals surface area contributed by atoms with Crippen molar-refractivity contribution in [2.24, 2.45) is 0 Å². The highest BCUT2D eigenvalue weighted by molar-refractivity contribution is 7.92. The van der Waals surface area contributed by atoms with Crippen LogP contribution in [0.4, 0.5) is 5.69 Å². The SMILES string of the molecule is CC(C)(C)c1ccc(OCc2nc(-c3ccc(S(=O)(=O)Nc4ccc(CCNCC(O)c5cccnc5)cc4)cc3)no2)cc1. The normalized spacial score (nSPS) is 12.5. The number of pyridine rings is 1. The van der Waals surface area contributed by atoms with Gasteiger partial charge in [-0.15, -0.1) is 0 Å². The van der Waals surface area contributed by atoms with Crippen LogP contribution in [0.1, 0.15) is 49.5 Å². The lowest BCUT2D eigenvalue weighted by Crippen LogP contribution is -2.23. The summed E-state index contributed by atoms with van der Waals surface area (Å²) in [6.45, 7) is 7.65. The molecular formula is C34H37N5O5S. The number of nitrogens with one attached hydrogen (secondary N) is 2. The molecule has 234 valence electrons. The largest absolute Gasteiger partial charge is 0.484 e. The molecular weight excluding hydrogens is 590 g/mol. The Labute approximate surface area is 263 Å². The van der Waals surface area contributed by atoms with Crippen molar-refractivity contribution in [1.82, 2.24) is 20.4 Å².